The fourth-order valence-electron chi connectivity index (χ4n) is 2.75. The molecule has 0 aliphatic rings. The summed E-state index contributed by atoms with van der Waals surface area (Å²) in [5.74, 6) is 2.29. The van der Waals surface area contributed by atoms with Gasteiger partial charge in [-0.25, -0.2) is 0 Å². The van der Waals surface area contributed by atoms with E-state index in [-0.39, 0.29) is 0 Å². The van der Waals surface area contributed by atoms with Crippen molar-refractivity contribution in [2.24, 2.45) is 0 Å². The van der Waals surface area contributed by atoms with Crippen molar-refractivity contribution in [3.05, 3.63) is 41.4 Å². The van der Waals surface area contributed by atoms with E-state index in [0.29, 0.717) is 33.1 Å². The SMILES string of the molecule is COc1cc(-c2nn3c(-c4cccc(Cl)c4)nnc3s2)cc(OC)c1OC. The summed E-state index contributed by atoms with van der Waals surface area (Å²) in [5.41, 5.74) is 1.67. The van der Waals surface area contributed by atoms with E-state index >= 15 is 0 Å². The number of methoxy groups -OCH3 is 3. The van der Waals surface area contributed by atoms with E-state index in [1.54, 1.807) is 25.8 Å². The lowest BCUT2D eigenvalue weighted by molar-refractivity contribution is 0.324. The summed E-state index contributed by atoms with van der Waals surface area (Å²) in [5, 5.41) is 14.5. The van der Waals surface area contributed by atoms with Crippen LogP contribution in [0.4, 0.5) is 0 Å². The predicted octanol–water partition coefficient (Wildman–Crippen LogP) is 4.20. The monoisotopic (exact) mass is 402 g/mol. The Morgan fingerprint density at radius 2 is 1.67 bits per heavy atom. The highest BCUT2D eigenvalue weighted by molar-refractivity contribution is 7.19. The number of fused-ring (bicyclic) bond motifs is 1. The summed E-state index contributed by atoms with van der Waals surface area (Å²) < 4.78 is 17.9. The van der Waals surface area contributed by atoms with Crippen molar-refractivity contribution in [3.8, 4) is 39.2 Å². The van der Waals surface area contributed by atoms with Crippen molar-refractivity contribution >= 4 is 27.9 Å². The van der Waals surface area contributed by atoms with E-state index in [4.69, 9.17) is 25.8 Å². The molecule has 0 radical (unpaired) electrons. The minimum absolute atomic E-state index is 0.534. The fourth-order valence-corrected chi connectivity index (χ4v) is 3.76. The zero-order valence-electron chi connectivity index (χ0n) is 14.8. The summed E-state index contributed by atoms with van der Waals surface area (Å²) in [7, 11) is 4.73. The van der Waals surface area contributed by atoms with Crippen molar-refractivity contribution in [1.82, 2.24) is 19.8 Å². The van der Waals surface area contributed by atoms with Crippen LogP contribution < -0.4 is 14.2 Å². The molecule has 27 heavy (non-hydrogen) atoms. The maximum Gasteiger partial charge on any atom is 0.235 e. The smallest absolute Gasteiger partial charge is 0.235 e. The Labute approximate surface area is 164 Å². The molecule has 0 spiro atoms. The molecule has 138 valence electrons. The highest BCUT2D eigenvalue weighted by Gasteiger charge is 2.19. The van der Waals surface area contributed by atoms with Gasteiger partial charge in [0.1, 0.15) is 5.01 Å². The van der Waals surface area contributed by atoms with E-state index in [2.05, 4.69) is 15.3 Å². The fraction of sp³-hybridized carbons (Fsp3) is 0.167. The van der Waals surface area contributed by atoms with Crippen LogP contribution in [0.2, 0.25) is 5.02 Å². The van der Waals surface area contributed by atoms with Gasteiger partial charge in [-0.05, 0) is 24.3 Å². The number of ether oxygens (including phenoxy) is 3. The molecule has 4 aromatic rings. The van der Waals surface area contributed by atoms with Gasteiger partial charge in [-0.15, -0.1) is 10.2 Å². The van der Waals surface area contributed by atoms with Crippen LogP contribution in [-0.4, -0.2) is 41.1 Å². The third-order valence-corrected chi connectivity index (χ3v) is 5.17. The highest BCUT2D eigenvalue weighted by Crippen LogP contribution is 2.42. The average molecular weight is 403 g/mol. The van der Waals surface area contributed by atoms with Gasteiger partial charge in [0.25, 0.3) is 0 Å². The minimum atomic E-state index is 0.534. The number of halogens is 1. The standard InChI is InChI=1S/C18H15ClN4O3S/c1-24-13-8-11(9-14(25-2)15(13)26-3)17-22-23-16(20-21-18(23)27-17)10-5-4-6-12(19)7-10/h4-9H,1-3H3. The molecule has 0 amide bonds. The molecule has 2 heterocycles. The molecule has 0 saturated carbocycles. The second-order valence-corrected chi connectivity index (χ2v) is 6.94. The third kappa shape index (κ3) is 3.07. The first-order valence-electron chi connectivity index (χ1n) is 7.93. The summed E-state index contributed by atoms with van der Waals surface area (Å²) in [6, 6.07) is 11.1. The number of hydrogen-bond acceptors (Lipinski definition) is 7. The second-order valence-electron chi connectivity index (χ2n) is 5.55. The van der Waals surface area contributed by atoms with Crippen LogP contribution in [0.1, 0.15) is 0 Å². The number of nitrogens with zero attached hydrogens (tertiary/aromatic N) is 4. The van der Waals surface area contributed by atoms with Crippen LogP contribution in [0.25, 0.3) is 26.9 Å². The molecular formula is C18H15ClN4O3S. The molecule has 2 aromatic carbocycles. The maximum atomic E-state index is 6.09. The normalized spacial score (nSPS) is 11.0. The van der Waals surface area contributed by atoms with Crippen LogP contribution in [0.3, 0.4) is 0 Å². The van der Waals surface area contributed by atoms with Gasteiger partial charge in [-0.1, -0.05) is 35.1 Å². The van der Waals surface area contributed by atoms with Crippen molar-refractivity contribution in [2.45, 2.75) is 0 Å². The molecule has 4 rings (SSSR count). The highest BCUT2D eigenvalue weighted by atomic mass is 35.5. The van der Waals surface area contributed by atoms with Gasteiger partial charge in [0.15, 0.2) is 17.3 Å². The molecule has 0 fully saturated rings. The Morgan fingerprint density at radius 3 is 2.30 bits per heavy atom. The van der Waals surface area contributed by atoms with Crippen LogP contribution in [0.5, 0.6) is 17.2 Å². The Balaban J connectivity index is 1.84. The van der Waals surface area contributed by atoms with E-state index in [1.807, 2.05) is 36.4 Å². The Morgan fingerprint density at radius 1 is 0.926 bits per heavy atom. The molecule has 0 aliphatic heterocycles. The number of aromatic nitrogens is 4. The molecule has 0 saturated heterocycles. The quantitative estimate of drug-likeness (QED) is 0.498. The predicted molar refractivity (Wildman–Crippen MR) is 104 cm³/mol. The number of hydrogen-bond donors (Lipinski definition) is 0. The number of rotatable bonds is 5. The van der Waals surface area contributed by atoms with E-state index in [0.717, 1.165) is 16.1 Å². The van der Waals surface area contributed by atoms with Crippen molar-refractivity contribution in [1.29, 1.82) is 0 Å². The van der Waals surface area contributed by atoms with Gasteiger partial charge in [-0.3, -0.25) is 0 Å². The molecule has 0 aliphatic carbocycles. The number of benzene rings is 2. The van der Waals surface area contributed by atoms with Crippen molar-refractivity contribution in [2.75, 3.05) is 21.3 Å². The molecule has 7 nitrogen and oxygen atoms in total. The molecule has 0 atom stereocenters. The van der Waals surface area contributed by atoms with Gasteiger partial charge in [0.2, 0.25) is 10.7 Å². The van der Waals surface area contributed by atoms with E-state index in [9.17, 15) is 0 Å². The Hall–Kier alpha value is -2.84. The van der Waals surface area contributed by atoms with Gasteiger partial charge >= 0.3 is 0 Å². The molecule has 0 unspecified atom stereocenters. The van der Waals surface area contributed by atoms with Crippen LogP contribution >= 0.6 is 22.9 Å². The first kappa shape index (κ1) is 17.6. The van der Waals surface area contributed by atoms with Crippen LogP contribution in [0.15, 0.2) is 36.4 Å². The van der Waals surface area contributed by atoms with Gasteiger partial charge < -0.3 is 14.2 Å². The maximum absolute atomic E-state index is 6.09. The molecule has 0 N–H and O–H groups in total. The van der Waals surface area contributed by atoms with E-state index < -0.39 is 0 Å². The largest absolute Gasteiger partial charge is 0.493 e. The Kier molecular flexibility index (Phi) is 4.59. The second kappa shape index (κ2) is 7.05. The summed E-state index contributed by atoms with van der Waals surface area (Å²) >= 11 is 7.51. The first-order valence-corrected chi connectivity index (χ1v) is 9.12. The molecular weight excluding hydrogens is 388 g/mol. The Bertz CT molecular complexity index is 1100. The summed E-state index contributed by atoms with van der Waals surface area (Å²) in [4.78, 5) is 0.675. The first-order chi connectivity index (χ1) is 13.1. The average Bonchev–Trinajstić information content (AvgIpc) is 3.27. The zero-order chi connectivity index (χ0) is 19.0. The molecule has 9 heteroatoms. The van der Waals surface area contributed by atoms with E-state index in [1.165, 1.54) is 11.3 Å². The zero-order valence-corrected chi connectivity index (χ0v) is 16.3. The third-order valence-electron chi connectivity index (χ3n) is 3.99. The van der Waals surface area contributed by atoms with Gasteiger partial charge in [0.05, 0.1) is 21.3 Å². The lowest BCUT2D eigenvalue weighted by Gasteiger charge is -2.13. The molecule has 0 bridgehead atoms. The molecule has 2 aromatic heterocycles. The van der Waals surface area contributed by atoms with Gasteiger partial charge in [-0.2, -0.15) is 9.61 Å². The van der Waals surface area contributed by atoms with Crippen LogP contribution in [0, 0.1) is 0 Å². The van der Waals surface area contributed by atoms with Gasteiger partial charge in [0, 0.05) is 16.1 Å². The lowest BCUT2D eigenvalue weighted by atomic mass is 10.2. The van der Waals surface area contributed by atoms with Crippen molar-refractivity contribution < 1.29 is 14.2 Å². The minimum Gasteiger partial charge on any atom is -0.493 e. The topological polar surface area (TPSA) is 70.8 Å². The lowest BCUT2D eigenvalue weighted by Crippen LogP contribution is -1.96. The van der Waals surface area contributed by atoms with Crippen molar-refractivity contribution in [3.63, 3.8) is 0 Å². The summed E-state index contributed by atoms with van der Waals surface area (Å²) in [6.45, 7) is 0. The summed E-state index contributed by atoms with van der Waals surface area (Å²) in [6.07, 6.45) is 0. The van der Waals surface area contributed by atoms with Crippen LogP contribution in [-0.2, 0) is 0 Å².